The SMILES string of the molecule is CCCCC(CC)CNCCCCCCI. The van der Waals surface area contributed by atoms with Crippen molar-refractivity contribution >= 4 is 22.6 Å². The van der Waals surface area contributed by atoms with Gasteiger partial charge in [0, 0.05) is 0 Å². The molecule has 0 aliphatic heterocycles. The summed E-state index contributed by atoms with van der Waals surface area (Å²) in [6.07, 6.45) is 11.1. The third-order valence-corrected chi connectivity index (χ3v) is 3.98. The van der Waals surface area contributed by atoms with E-state index in [1.165, 1.54) is 68.9 Å². The second kappa shape index (κ2) is 13.8. The first kappa shape index (κ1) is 16.7. The van der Waals surface area contributed by atoms with E-state index in [1.54, 1.807) is 0 Å². The van der Waals surface area contributed by atoms with Gasteiger partial charge in [0.05, 0.1) is 0 Å². The van der Waals surface area contributed by atoms with Crippen molar-refractivity contribution in [2.75, 3.05) is 17.5 Å². The topological polar surface area (TPSA) is 12.0 Å². The Kier molecular flexibility index (Phi) is 14.3. The molecule has 0 amide bonds. The number of hydrogen-bond acceptors (Lipinski definition) is 1. The summed E-state index contributed by atoms with van der Waals surface area (Å²) in [6.45, 7) is 7.07. The van der Waals surface area contributed by atoms with Crippen LogP contribution in [0.4, 0.5) is 0 Å². The molecule has 98 valence electrons. The molecule has 0 saturated carbocycles. The first-order valence-corrected chi connectivity index (χ1v) is 8.64. The van der Waals surface area contributed by atoms with E-state index < -0.39 is 0 Å². The highest BCUT2D eigenvalue weighted by Gasteiger charge is 2.04. The number of unbranched alkanes of at least 4 members (excludes halogenated alkanes) is 4. The Bertz CT molecular complexity index is 128. The monoisotopic (exact) mass is 339 g/mol. The van der Waals surface area contributed by atoms with E-state index in [2.05, 4.69) is 41.8 Å². The van der Waals surface area contributed by atoms with E-state index in [9.17, 15) is 0 Å². The maximum atomic E-state index is 3.62. The van der Waals surface area contributed by atoms with Crippen molar-refractivity contribution in [3.05, 3.63) is 0 Å². The van der Waals surface area contributed by atoms with Crippen LogP contribution in [0.3, 0.4) is 0 Å². The minimum atomic E-state index is 0.911. The van der Waals surface area contributed by atoms with Gasteiger partial charge in [0.25, 0.3) is 0 Å². The number of halogens is 1. The van der Waals surface area contributed by atoms with Gasteiger partial charge in [-0.15, -0.1) is 0 Å². The zero-order valence-electron chi connectivity index (χ0n) is 11.2. The largest absolute Gasteiger partial charge is 0.316 e. The lowest BCUT2D eigenvalue weighted by Gasteiger charge is -2.15. The lowest BCUT2D eigenvalue weighted by molar-refractivity contribution is 0.416. The fraction of sp³-hybridized carbons (Fsp3) is 1.00. The second-order valence-electron chi connectivity index (χ2n) is 4.72. The summed E-state index contributed by atoms with van der Waals surface area (Å²) in [4.78, 5) is 0. The molecular weight excluding hydrogens is 309 g/mol. The van der Waals surface area contributed by atoms with E-state index in [4.69, 9.17) is 0 Å². The number of hydrogen-bond donors (Lipinski definition) is 1. The Labute approximate surface area is 116 Å². The molecule has 1 nitrogen and oxygen atoms in total. The maximum absolute atomic E-state index is 3.62. The molecule has 16 heavy (non-hydrogen) atoms. The van der Waals surface area contributed by atoms with Crippen molar-refractivity contribution in [3.63, 3.8) is 0 Å². The van der Waals surface area contributed by atoms with Crippen LogP contribution < -0.4 is 5.32 Å². The Hall–Kier alpha value is 0.690. The lowest BCUT2D eigenvalue weighted by atomic mass is 9.99. The highest BCUT2D eigenvalue weighted by Crippen LogP contribution is 2.11. The molecule has 0 saturated heterocycles. The van der Waals surface area contributed by atoms with Crippen LogP contribution in [0.25, 0.3) is 0 Å². The molecule has 0 aromatic heterocycles. The molecule has 0 aliphatic rings. The molecule has 0 spiro atoms. The Balaban J connectivity index is 3.20. The molecule has 0 fully saturated rings. The molecular formula is C14H30IN. The van der Waals surface area contributed by atoms with Crippen molar-refractivity contribution < 1.29 is 0 Å². The second-order valence-corrected chi connectivity index (χ2v) is 5.80. The highest BCUT2D eigenvalue weighted by atomic mass is 127. The van der Waals surface area contributed by atoms with Crippen LogP contribution in [0.1, 0.15) is 65.2 Å². The van der Waals surface area contributed by atoms with Crippen LogP contribution in [-0.4, -0.2) is 17.5 Å². The van der Waals surface area contributed by atoms with E-state index in [-0.39, 0.29) is 0 Å². The fourth-order valence-electron chi connectivity index (χ4n) is 1.95. The third-order valence-electron chi connectivity index (χ3n) is 3.21. The molecule has 0 rings (SSSR count). The van der Waals surface area contributed by atoms with Gasteiger partial charge in [0.1, 0.15) is 0 Å². The van der Waals surface area contributed by atoms with E-state index in [0.29, 0.717) is 0 Å². The van der Waals surface area contributed by atoms with Crippen LogP contribution in [-0.2, 0) is 0 Å². The highest BCUT2D eigenvalue weighted by molar-refractivity contribution is 14.1. The zero-order chi connectivity index (χ0) is 12.1. The predicted octanol–water partition coefficient (Wildman–Crippen LogP) is 4.79. The van der Waals surface area contributed by atoms with Crippen molar-refractivity contribution in [1.29, 1.82) is 0 Å². The van der Waals surface area contributed by atoms with Gasteiger partial charge < -0.3 is 5.32 Å². The summed E-state index contributed by atoms with van der Waals surface area (Å²) < 4.78 is 1.32. The molecule has 0 bridgehead atoms. The minimum Gasteiger partial charge on any atom is -0.316 e. The molecule has 1 N–H and O–H groups in total. The summed E-state index contributed by atoms with van der Waals surface area (Å²) in [6, 6.07) is 0. The van der Waals surface area contributed by atoms with Gasteiger partial charge >= 0.3 is 0 Å². The van der Waals surface area contributed by atoms with Crippen molar-refractivity contribution in [1.82, 2.24) is 5.32 Å². The van der Waals surface area contributed by atoms with E-state index in [1.807, 2.05) is 0 Å². The Morgan fingerprint density at radius 2 is 1.75 bits per heavy atom. The molecule has 0 aromatic rings. The molecule has 0 heterocycles. The van der Waals surface area contributed by atoms with Crippen LogP contribution >= 0.6 is 22.6 Å². The van der Waals surface area contributed by atoms with Crippen LogP contribution in [0, 0.1) is 5.92 Å². The Morgan fingerprint density at radius 3 is 2.38 bits per heavy atom. The fourth-order valence-corrected chi connectivity index (χ4v) is 2.49. The quantitative estimate of drug-likeness (QED) is 0.306. The van der Waals surface area contributed by atoms with Gasteiger partial charge in [-0.05, 0) is 42.7 Å². The number of alkyl halides is 1. The summed E-state index contributed by atoms with van der Waals surface area (Å²) in [5.41, 5.74) is 0. The molecule has 0 radical (unpaired) electrons. The first-order chi connectivity index (χ1) is 7.85. The summed E-state index contributed by atoms with van der Waals surface area (Å²) >= 11 is 2.47. The van der Waals surface area contributed by atoms with Gasteiger partial charge in [0.2, 0.25) is 0 Å². The predicted molar refractivity (Wildman–Crippen MR) is 83.5 cm³/mol. The van der Waals surface area contributed by atoms with Crippen molar-refractivity contribution in [3.8, 4) is 0 Å². The van der Waals surface area contributed by atoms with Crippen LogP contribution in [0.5, 0.6) is 0 Å². The van der Waals surface area contributed by atoms with Gasteiger partial charge in [-0.3, -0.25) is 0 Å². The summed E-state index contributed by atoms with van der Waals surface area (Å²) in [5.74, 6) is 0.911. The lowest BCUT2D eigenvalue weighted by Crippen LogP contribution is -2.23. The average Bonchev–Trinajstić information content (AvgIpc) is 2.32. The smallest absolute Gasteiger partial charge is 0.000473 e. The van der Waals surface area contributed by atoms with Gasteiger partial charge in [-0.2, -0.15) is 0 Å². The summed E-state index contributed by atoms with van der Waals surface area (Å²) in [5, 5.41) is 3.62. The number of nitrogens with one attached hydrogen (secondary N) is 1. The summed E-state index contributed by atoms with van der Waals surface area (Å²) in [7, 11) is 0. The minimum absolute atomic E-state index is 0.911. The van der Waals surface area contributed by atoms with Crippen LogP contribution in [0.15, 0.2) is 0 Å². The maximum Gasteiger partial charge on any atom is -0.000473 e. The van der Waals surface area contributed by atoms with Gasteiger partial charge in [-0.25, -0.2) is 0 Å². The standard InChI is InChI=1S/C14H30IN/c1-3-5-10-14(4-2)13-16-12-9-7-6-8-11-15/h14,16H,3-13H2,1-2H3. The average molecular weight is 339 g/mol. The van der Waals surface area contributed by atoms with Crippen molar-refractivity contribution in [2.24, 2.45) is 5.92 Å². The first-order valence-electron chi connectivity index (χ1n) is 7.11. The molecule has 0 aromatic carbocycles. The zero-order valence-corrected chi connectivity index (χ0v) is 13.4. The molecule has 2 heteroatoms. The molecule has 0 aliphatic carbocycles. The Morgan fingerprint density at radius 1 is 1.00 bits per heavy atom. The van der Waals surface area contributed by atoms with E-state index in [0.717, 1.165) is 5.92 Å². The van der Waals surface area contributed by atoms with Gasteiger partial charge in [0.15, 0.2) is 0 Å². The molecule has 1 unspecified atom stereocenters. The third kappa shape index (κ3) is 11.2. The van der Waals surface area contributed by atoms with Crippen molar-refractivity contribution in [2.45, 2.75) is 65.2 Å². The number of rotatable bonds is 12. The normalized spacial score (nSPS) is 12.9. The van der Waals surface area contributed by atoms with E-state index >= 15 is 0 Å². The van der Waals surface area contributed by atoms with Crippen LogP contribution in [0.2, 0.25) is 0 Å². The molecule has 1 atom stereocenters. The van der Waals surface area contributed by atoms with Gasteiger partial charge in [-0.1, -0.05) is 68.5 Å².